The van der Waals surface area contributed by atoms with Crippen molar-refractivity contribution in [1.29, 1.82) is 0 Å². The Morgan fingerprint density at radius 3 is 2.45 bits per heavy atom. The van der Waals surface area contributed by atoms with E-state index in [1.54, 1.807) is 31.2 Å². The number of hydrogen-bond donors (Lipinski definition) is 1. The Balaban J connectivity index is 1.60. The Morgan fingerprint density at radius 2 is 1.83 bits per heavy atom. The highest BCUT2D eigenvalue weighted by Gasteiger charge is 2.22. The third-order valence-electron chi connectivity index (χ3n) is 4.47. The van der Waals surface area contributed by atoms with E-state index in [1.807, 2.05) is 30.3 Å². The first-order valence-electron chi connectivity index (χ1n) is 9.48. The lowest BCUT2D eigenvalue weighted by atomic mass is 10.0. The Kier molecular flexibility index (Phi) is 6.67. The average molecular weight is 393 g/mol. The fourth-order valence-electron chi connectivity index (χ4n) is 2.90. The summed E-state index contributed by atoms with van der Waals surface area (Å²) in [6.07, 6.45) is 2.26. The quantitative estimate of drug-likeness (QED) is 0.591. The Morgan fingerprint density at radius 1 is 1.10 bits per heavy atom. The standard InChI is InChI=1S/C21H23N5O3/c1-3-7-19(16-8-5-4-6-9-16)23-20(27)15(2)29-21(28)17-10-12-18(13-11-17)26-14-22-24-25-26/h4-6,8-15,19H,3,7H2,1-2H3,(H,23,27)/t15-,19+/m1/s1. The number of aromatic nitrogens is 4. The second kappa shape index (κ2) is 9.59. The van der Waals surface area contributed by atoms with Crippen molar-refractivity contribution in [2.24, 2.45) is 0 Å². The average Bonchev–Trinajstić information content (AvgIpc) is 3.29. The number of amides is 1. The largest absolute Gasteiger partial charge is 0.449 e. The van der Waals surface area contributed by atoms with Crippen molar-refractivity contribution in [1.82, 2.24) is 25.5 Å². The summed E-state index contributed by atoms with van der Waals surface area (Å²) in [6, 6.07) is 16.2. The zero-order valence-electron chi connectivity index (χ0n) is 16.4. The number of tetrazole rings is 1. The molecule has 0 unspecified atom stereocenters. The van der Waals surface area contributed by atoms with Crippen LogP contribution in [0.3, 0.4) is 0 Å². The van der Waals surface area contributed by atoms with Gasteiger partial charge in [0.05, 0.1) is 17.3 Å². The van der Waals surface area contributed by atoms with Crippen molar-refractivity contribution in [3.63, 3.8) is 0 Å². The van der Waals surface area contributed by atoms with E-state index in [2.05, 4.69) is 27.8 Å². The molecule has 0 saturated carbocycles. The summed E-state index contributed by atoms with van der Waals surface area (Å²) < 4.78 is 6.82. The van der Waals surface area contributed by atoms with Crippen LogP contribution in [0.1, 0.15) is 48.7 Å². The van der Waals surface area contributed by atoms with E-state index in [9.17, 15) is 9.59 Å². The van der Waals surface area contributed by atoms with Crippen molar-refractivity contribution >= 4 is 11.9 Å². The molecular formula is C21H23N5O3. The van der Waals surface area contributed by atoms with Gasteiger partial charge in [-0.25, -0.2) is 9.48 Å². The first-order valence-corrected chi connectivity index (χ1v) is 9.48. The van der Waals surface area contributed by atoms with Gasteiger partial charge in [-0.2, -0.15) is 0 Å². The van der Waals surface area contributed by atoms with Gasteiger partial charge in [-0.1, -0.05) is 43.7 Å². The number of nitrogens with one attached hydrogen (secondary N) is 1. The van der Waals surface area contributed by atoms with Crippen molar-refractivity contribution in [3.05, 3.63) is 72.1 Å². The molecule has 0 spiro atoms. The molecular weight excluding hydrogens is 370 g/mol. The molecule has 29 heavy (non-hydrogen) atoms. The van der Waals surface area contributed by atoms with E-state index in [0.717, 1.165) is 18.4 Å². The minimum absolute atomic E-state index is 0.120. The lowest BCUT2D eigenvalue weighted by Gasteiger charge is -2.21. The second-order valence-corrected chi connectivity index (χ2v) is 6.61. The second-order valence-electron chi connectivity index (χ2n) is 6.61. The number of carbonyl (C=O) groups is 2. The Labute approximate surface area is 168 Å². The molecule has 2 atom stereocenters. The molecule has 1 N–H and O–H groups in total. The molecule has 2 aromatic carbocycles. The lowest BCUT2D eigenvalue weighted by molar-refractivity contribution is -0.129. The number of esters is 1. The smallest absolute Gasteiger partial charge is 0.338 e. The molecule has 0 fully saturated rings. The van der Waals surface area contributed by atoms with Gasteiger partial charge < -0.3 is 10.1 Å². The summed E-state index contributed by atoms with van der Waals surface area (Å²) in [5, 5.41) is 13.9. The van der Waals surface area contributed by atoms with Crippen LogP contribution in [0.2, 0.25) is 0 Å². The normalized spacial score (nSPS) is 12.8. The summed E-state index contributed by atoms with van der Waals surface area (Å²) in [7, 11) is 0. The van der Waals surface area contributed by atoms with Gasteiger partial charge >= 0.3 is 5.97 Å². The van der Waals surface area contributed by atoms with Crippen molar-refractivity contribution in [2.75, 3.05) is 0 Å². The number of hydrogen-bond acceptors (Lipinski definition) is 6. The maximum Gasteiger partial charge on any atom is 0.338 e. The van der Waals surface area contributed by atoms with Crippen LogP contribution in [0, 0.1) is 0 Å². The zero-order chi connectivity index (χ0) is 20.6. The van der Waals surface area contributed by atoms with Crippen LogP contribution in [-0.4, -0.2) is 38.2 Å². The third kappa shape index (κ3) is 5.25. The van der Waals surface area contributed by atoms with Gasteiger partial charge in [0.1, 0.15) is 6.33 Å². The molecule has 3 aromatic rings. The van der Waals surface area contributed by atoms with Gasteiger partial charge in [-0.15, -0.1) is 5.10 Å². The fourth-order valence-corrected chi connectivity index (χ4v) is 2.90. The maximum absolute atomic E-state index is 12.6. The first kappa shape index (κ1) is 20.2. The molecule has 1 aromatic heterocycles. The van der Waals surface area contributed by atoms with E-state index in [-0.39, 0.29) is 11.9 Å². The summed E-state index contributed by atoms with van der Waals surface area (Å²) in [5.41, 5.74) is 2.08. The van der Waals surface area contributed by atoms with Crippen molar-refractivity contribution < 1.29 is 14.3 Å². The van der Waals surface area contributed by atoms with Gasteiger partial charge in [0.2, 0.25) is 0 Å². The van der Waals surface area contributed by atoms with E-state index in [0.29, 0.717) is 11.3 Å². The van der Waals surface area contributed by atoms with Crippen LogP contribution in [-0.2, 0) is 9.53 Å². The molecule has 1 amide bonds. The summed E-state index contributed by atoms with van der Waals surface area (Å²) in [6.45, 7) is 3.63. The number of rotatable bonds is 8. The van der Waals surface area contributed by atoms with Crippen LogP contribution >= 0.6 is 0 Å². The molecule has 0 bridgehead atoms. The van der Waals surface area contributed by atoms with Gasteiger partial charge in [-0.3, -0.25) is 4.79 Å². The number of nitrogens with zero attached hydrogens (tertiary/aromatic N) is 4. The Bertz CT molecular complexity index is 927. The van der Waals surface area contributed by atoms with Crippen LogP contribution in [0.5, 0.6) is 0 Å². The number of carbonyl (C=O) groups excluding carboxylic acids is 2. The predicted octanol–water partition coefficient (Wildman–Crippen LogP) is 2.87. The third-order valence-corrected chi connectivity index (χ3v) is 4.47. The minimum atomic E-state index is -0.912. The molecule has 8 heteroatoms. The van der Waals surface area contributed by atoms with E-state index >= 15 is 0 Å². The molecule has 3 rings (SSSR count). The van der Waals surface area contributed by atoms with Gasteiger partial charge in [0.15, 0.2) is 6.10 Å². The minimum Gasteiger partial charge on any atom is -0.449 e. The molecule has 0 radical (unpaired) electrons. The van der Waals surface area contributed by atoms with Crippen LogP contribution in [0.4, 0.5) is 0 Å². The topological polar surface area (TPSA) is 99.0 Å². The van der Waals surface area contributed by atoms with E-state index < -0.39 is 12.1 Å². The molecule has 0 aliphatic carbocycles. The van der Waals surface area contributed by atoms with Crippen LogP contribution in [0.15, 0.2) is 60.9 Å². The van der Waals surface area contributed by atoms with Gasteiger partial charge in [-0.05, 0) is 53.6 Å². The SMILES string of the molecule is CCC[C@H](NC(=O)[C@@H](C)OC(=O)c1ccc(-n2cnnn2)cc1)c1ccccc1. The van der Waals surface area contributed by atoms with E-state index in [4.69, 9.17) is 4.74 Å². The monoisotopic (exact) mass is 393 g/mol. The lowest BCUT2D eigenvalue weighted by Crippen LogP contribution is -2.38. The summed E-state index contributed by atoms with van der Waals surface area (Å²) >= 11 is 0. The van der Waals surface area contributed by atoms with Gasteiger partial charge in [0, 0.05) is 0 Å². The van der Waals surface area contributed by atoms with Crippen LogP contribution in [0.25, 0.3) is 5.69 Å². The summed E-state index contributed by atoms with van der Waals surface area (Å²) in [5.74, 6) is -0.895. The number of ether oxygens (including phenoxy) is 1. The van der Waals surface area contributed by atoms with Crippen molar-refractivity contribution in [2.45, 2.75) is 38.8 Å². The number of benzene rings is 2. The highest BCUT2D eigenvalue weighted by atomic mass is 16.5. The van der Waals surface area contributed by atoms with Crippen molar-refractivity contribution in [3.8, 4) is 5.69 Å². The van der Waals surface area contributed by atoms with Crippen LogP contribution < -0.4 is 5.32 Å². The first-order chi connectivity index (χ1) is 14.1. The molecule has 150 valence electrons. The maximum atomic E-state index is 12.6. The molecule has 8 nitrogen and oxygen atoms in total. The Hall–Kier alpha value is -3.55. The summed E-state index contributed by atoms with van der Waals surface area (Å²) in [4.78, 5) is 25.0. The highest BCUT2D eigenvalue weighted by Crippen LogP contribution is 2.18. The molecule has 0 aliphatic heterocycles. The zero-order valence-corrected chi connectivity index (χ0v) is 16.4. The van der Waals surface area contributed by atoms with Gasteiger partial charge in [0.25, 0.3) is 5.91 Å². The van der Waals surface area contributed by atoms with E-state index in [1.165, 1.54) is 11.0 Å². The predicted molar refractivity (Wildman–Crippen MR) is 106 cm³/mol. The highest BCUT2D eigenvalue weighted by molar-refractivity contribution is 5.92. The fraction of sp³-hybridized carbons (Fsp3) is 0.286. The molecule has 0 saturated heterocycles. The molecule has 1 heterocycles. The molecule has 0 aliphatic rings.